The fourth-order valence-electron chi connectivity index (χ4n) is 1.62. The zero-order valence-corrected chi connectivity index (χ0v) is 10.2. The Labute approximate surface area is 93.2 Å². The smallest absolute Gasteiger partial charge is 0.122 e. The molecule has 2 unspecified atom stereocenters. The highest BCUT2D eigenvalue weighted by atomic mass is 79.9. The number of hydrogen-bond donors (Lipinski definition) is 1. The average Bonchev–Trinajstić information content (AvgIpc) is 2.86. The maximum atomic E-state index is 5.46. The third-order valence-corrected chi connectivity index (χ3v) is 3.54. The van der Waals surface area contributed by atoms with Crippen LogP contribution >= 0.6 is 15.9 Å². The fraction of sp³-hybridized carbons (Fsp3) is 0.636. The lowest BCUT2D eigenvalue weighted by Gasteiger charge is -2.19. The molecule has 1 heterocycles. The van der Waals surface area contributed by atoms with Crippen LogP contribution in [0.3, 0.4) is 0 Å². The topological polar surface area (TPSA) is 25.2 Å². The van der Waals surface area contributed by atoms with Gasteiger partial charge in [0.25, 0.3) is 0 Å². The summed E-state index contributed by atoms with van der Waals surface area (Å²) in [4.78, 5) is 0. The van der Waals surface area contributed by atoms with Crippen molar-refractivity contribution in [1.82, 2.24) is 5.32 Å². The highest BCUT2D eigenvalue weighted by Gasteiger charge is 2.27. The first kappa shape index (κ1) is 10.2. The summed E-state index contributed by atoms with van der Waals surface area (Å²) in [5.41, 5.74) is 0. The van der Waals surface area contributed by atoms with Gasteiger partial charge in [-0.2, -0.15) is 0 Å². The van der Waals surface area contributed by atoms with Gasteiger partial charge in [-0.05, 0) is 41.8 Å². The Morgan fingerprint density at radius 2 is 2.21 bits per heavy atom. The van der Waals surface area contributed by atoms with E-state index in [1.54, 1.807) is 6.26 Å². The molecule has 2 rings (SSSR count). The monoisotopic (exact) mass is 257 g/mol. The van der Waals surface area contributed by atoms with E-state index >= 15 is 0 Å². The Kier molecular flexibility index (Phi) is 2.98. The molecule has 3 heteroatoms. The predicted molar refractivity (Wildman–Crippen MR) is 60.4 cm³/mol. The average molecular weight is 258 g/mol. The molecular formula is C11H16BrNO. The Balaban J connectivity index is 1.99. The molecular weight excluding hydrogens is 242 g/mol. The molecule has 0 spiro atoms. The second-order valence-electron chi connectivity index (χ2n) is 4.15. The van der Waals surface area contributed by atoms with Gasteiger partial charge in [0.15, 0.2) is 0 Å². The third-order valence-electron chi connectivity index (χ3n) is 2.88. The van der Waals surface area contributed by atoms with Crippen LogP contribution in [0.25, 0.3) is 0 Å². The summed E-state index contributed by atoms with van der Waals surface area (Å²) < 4.78 is 6.54. The minimum absolute atomic E-state index is 0.417. The van der Waals surface area contributed by atoms with Gasteiger partial charge in [-0.1, -0.05) is 6.92 Å². The number of hydrogen-bond acceptors (Lipinski definition) is 2. The number of rotatable bonds is 4. The van der Waals surface area contributed by atoms with Crippen molar-refractivity contribution in [2.24, 2.45) is 0 Å². The molecule has 0 aromatic carbocycles. The molecule has 1 aliphatic carbocycles. The molecule has 0 saturated heterocycles. The van der Waals surface area contributed by atoms with Crippen molar-refractivity contribution in [2.75, 3.05) is 0 Å². The van der Waals surface area contributed by atoms with E-state index in [9.17, 15) is 0 Å². The zero-order valence-electron chi connectivity index (χ0n) is 8.59. The van der Waals surface area contributed by atoms with Gasteiger partial charge in [-0.15, -0.1) is 0 Å². The molecule has 2 nitrogen and oxygen atoms in total. The molecule has 1 aromatic rings. The predicted octanol–water partition coefficient (Wildman–Crippen LogP) is 3.29. The summed E-state index contributed by atoms with van der Waals surface area (Å²) >= 11 is 3.50. The van der Waals surface area contributed by atoms with Gasteiger partial charge in [0.05, 0.1) is 10.7 Å². The van der Waals surface area contributed by atoms with Crippen molar-refractivity contribution in [3.05, 3.63) is 22.6 Å². The molecule has 0 aliphatic heterocycles. The molecule has 0 radical (unpaired) electrons. The molecule has 1 aromatic heterocycles. The minimum Gasteiger partial charge on any atom is -0.468 e. The van der Waals surface area contributed by atoms with E-state index in [0.29, 0.717) is 12.0 Å². The van der Waals surface area contributed by atoms with E-state index in [2.05, 4.69) is 35.1 Å². The van der Waals surface area contributed by atoms with Crippen LogP contribution in [0.1, 0.15) is 38.4 Å². The second-order valence-corrected chi connectivity index (χ2v) is 5.01. The zero-order chi connectivity index (χ0) is 10.1. The molecule has 0 bridgehead atoms. The first-order chi connectivity index (χ1) is 6.68. The van der Waals surface area contributed by atoms with Crippen LogP contribution < -0.4 is 5.32 Å². The summed E-state index contributed by atoms with van der Waals surface area (Å²) in [6.07, 6.45) is 4.40. The Bertz CT molecular complexity index is 306. The Morgan fingerprint density at radius 1 is 1.50 bits per heavy atom. The van der Waals surface area contributed by atoms with Gasteiger partial charge in [-0.3, -0.25) is 0 Å². The number of halogens is 1. The highest BCUT2D eigenvalue weighted by molar-refractivity contribution is 9.10. The maximum absolute atomic E-state index is 5.46. The van der Waals surface area contributed by atoms with Crippen LogP contribution in [-0.4, -0.2) is 12.1 Å². The van der Waals surface area contributed by atoms with Gasteiger partial charge < -0.3 is 9.73 Å². The van der Waals surface area contributed by atoms with Crippen LogP contribution in [0.4, 0.5) is 0 Å². The molecule has 14 heavy (non-hydrogen) atoms. The van der Waals surface area contributed by atoms with E-state index in [1.165, 1.54) is 12.8 Å². The molecule has 1 N–H and O–H groups in total. The van der Waals surface area contributed by atoms with E-state index in [4.69, 9.17) is 4.42 Å². The largest absolute Gasteiger partial charge is 0.468 e. The van der Waals surface area contributed by atoms with Gasteiger partial charge in [0, 0.05) is 18.0 Å². The third kappa shape index (κ3) is 2.20. The Morgan fingerprint density at radius 3 is 2.71 bits per heavy atom. The minimum atomic E-state index is 0.417. The standard InChI is InChI=1S/C11H16BrNO/c1-7(8(2)13-9-3-4-9)11-10(12)5-6-14-11/h5-9,13H,3-4H2,1-2H3. The second kappa shape index (κ2) is 4.07. The normalized spacial score (nSPS) is 20.8. The van der Waals surface area contributed by atoms with Crippen molar-refractivity contribution in [3.8, 4) is 0 Å². The first-order valence-corrected chi connectivity index (χ1v) is 5.96. The van der Waals surface area contributed by atoms with Gasteiger partial charge >= 0.3 is 0 Å². The Hall–Kier alpha value is -0.280. The van der Waals surface area contributed by atoms with Crippen molar-refractivity contribution < 1.29 is 4.42 Å². The lowest BCUT2D eigenvalue weighted by molar-refractivity contribution is 0.399. The molecule has 1 fully saturated rings. The lowest BCUT2D eigenvalue weighted by Crippen LogP contribution is -2.32. The molecule has 78 valence electrons. The van der Waals surface area contributed by atoms with E-state index < -0.39 is 0 Å². The van der Waals surface area contributed by atoms with Crippen LogP contribution in [0.5, 0.6) is 0 Å². The van der Waals surface area contributed by atoms with Crippen molar-refractivity contribution >= 4 is 15.9 Å². The number of nitrogens with one attached hydrogen (secondary N) is 1. The van der Waals surface area contributed by atoms with Gasteiger partial charge in [0.2, 0.25) is 0 Å². The van der Waals surface area contributed by atoms with Crippen LogP contribution in [0, 0.1) is 0 Å². The van der Waals surface area contributed by atoms with E-state index in [1.807, 2.05) is 6.07 Å². The van der Waals surface area contributed by atoms with Crippen LogP contribution in [0.15, 0.2) is 21.2 Å². The van der Waals surface area contributed by atoms with Crippen molar-refractivity contribution in [1.29, 1.82) is 0 Å². The summed E-state index contributed by atoms with van der Waals surface area (Å²) in [5.74, 6) is 1.46. The van der Waals surface area contributed by atoms with Crippen molar-refractivity contribution in [3.63, 3.8) is 0 Å². The van der Waals surface area contributed by atoms with E-state index in [-0.39, 0.29) is 0 Å². The number of furan rings is 1. The molecule has 1 aliphatic rings. The maximum Gasteiger partial charge on any atom is 0.122 e. The molecule has 2 atom stereocenters. The molecule has 1 saturated carbocycles. The molecule has 0 amide bonds. The lowest BCUT2D eigenvalue weighted by atomic mass is 10.0. The summed E-state index contributed by atoms with van der Waals surface area (Å²) in [6, 6.07) is 3.18. The fourth-order valence-corrected chi connectivity index (χ4v) is 2.19. The van der Waals surface area contributed by atoms with Gasteiger partial charge in [0.1, 0.15) is 5.76 Å². The van der Waals surface area contributed by atoms with E-state index in [0.717, 1.165) is 16.3 Å². The van der Waals surface area contributed by atoms with Crippen LogP contribution in [0.2, 0.25) is 0 Å². The summed E-state index contributed by atoms with van der Waals surface area (Å²) in [5, 5.41) is 3.59. The summed E-state index contributed by atoms with van der Waals surface area (Å²) in [7, 11) is 0. The summed E-state index contributed by atoms with van der Waals surface area (Å²) in [6.45, 7) is 4.42. The van der Waals surface area contributed by atoms with Crippen LogP contribution in [-0.2, 0) is 0 Å². The highest BCUT2D eigenvalue weighted by Crippen LogP contribution is 2.30. The van der Waals surface area contributed by atoms with Crippen molar-refractivity contribution in [2.45, 2.75) is 44.7 Å². The first-order valence-electron chi connectivity index (χ1n) is 5.17. The van der Waals surface area contributed by atoms with Gasteiger partial charge in [-0.25, -0.2) is 0 Å². The quantitative estimate of drug-likeness (QED) is 0.896. The SMILES string of the molecule is CC(NC1CC1)C(C)c1occc1Br.